The zero-order valence-electron chi connectivity index (χ0n) is 19.4. The highest BCUT2D eigenvalue weighted by molar-refractivity contribution is 5.97. The van der Waals surface area contributed by atoms with E-state index >= 15 is 0 Å². The Balaban J connectivity index is 1.21. The van der Waals surface area contributed by atoms with Gasteiger partial charge in [-0.25, -0.2) is 14.4 Å². The van der Waals surface area contributed by atoms with Crippen molar-refractivity contribution in [3.63, 3.8) is 0 Å². The average Bonchev–Trinajstić information content (AvgIpc) is 3.58. The van der Waals surface area contributed by atoms with Gasteiger partial charge in [-0.3, -0.25) is 9.59 Å². The number of benzene rings is 1. The van der Waals surface area contributed by atoms with Crippen molar-refractivity contribution in [3.05, 3.63) is 82.5 Å². The number of fused-ring (bicyclic) bond motifs is 1. The maximum absolute atomic E-state index is 13.6. The van der Waals surface area contributed by atoms with Crippen molar-refractivity contribution < 1.29 is 18.7 Å². The zero-order valence-corrected chi connectivity index (χ0v) is 19.4. The van der Waals surface area contributed by atoms with Gasteiger partial charge in [-0.15, -0.1) is 10.2 Å². The Hall–Kier alpha value is -4.48. The van der Waals surface area contributed by atoms with Gasteiger partial charge in [0.2, 0.25) is 0 Å². The molecule has 2 aliphatic carbocycles. The van der Waals surface area contributed by atoms with E-state index in [-0.39, 0.29) is 41.5 Å². The Morgan fingerprint density at radius 1 is 1.19 bits per heavy atom. The van der Waals surface area contributed by atoms with E-state index in [0.29, 0.717) is 11.4 Å². The lowest BCUT2D eigenvalue weighted by atomic mass is 9.90. The molecule has 1 unspecified atom stereocenters. The summed E-state index contributed by atoms with van der Waals surface area (Å²) in [5.74, 6) is -0.553. The van der Waals surface area contributed by atoms with Crippen LogP contribution in [0.5, 0.6) is 5.75 Å². The van der Waals surface area contributed by atoms with Crippen molar-refractivity contribution in [2.24, 2.45) is 0 Å². The van der Waals surface area contributed by atoms with Gasteiger partial charge in [0.1, 0.15) is 17.7 Å². The Kier molecular flexibility index (Phi) is 6.48. The molecule has 0 bridgehead atoms. The van der Waals surface area contributed by atoms with E-state index in [2.05, 4.69) is 53.4 Å². The first kappa shape index (κ1) is 23.3. The average molecular weight is 490 g/mol. The minimum atomic E-state index is -0.486. The predicted octanol–water partition coefficient (Wildman–Crippen LogP) is 2.00. The number of methoxy groups -OCH3 is 1. The zero-order chi connectivity index (χ0) is 25.1. The number of carbonyl (C=O) groups is 2. The predicted molar refractivity (Wildman–Crippen MR) is 124 cm³/mol. The number of allylic oxidation sites excluding steroid dienone is 2. The molecule has 3 aromatic rings. The van der Waals surface area contributed by atoms with Gasteiger partial charge in [-0.05, 0) is 48.1 Å². The number of nitrogens with one attached hydrogen (secondary N) is 3. The van der Waals surface area contributed by atoms with Crippen LogP contribution in [-0.4, -0.2) is 55.6 Å². The van der Waals surface area contributed by atoms with Gasteiger partial charge in [-0.1, -0.05) is 23.4 Å². The van der Waals surface area contributed by atoms with Crippen LogP contribution in [0.3, 0.4) is 0 Å². The number of ether oxygens (including phenoxy) is 1. The number of aromatic amines is 1. The fourth-order valence-electron chi connectivity index (χ4n) is 4.42. The minimum Gasteiger partial charge on any atom is -0.494 e. The molecule has 2 aromatic heterocycles. The summed E-state index contributed by atoms with van der Waals surface area (Å²) in [7, 11) is 1.37. The first-order valence-electron chi connectivity index (χ1n) is 11.4. The number of hydrogen-bond donors (Lipinski definition) is 3. The molecule has 3 N–H and O–H groups in total. The van der Waals surface area contributed by atoms with Gasteiger partial charge in [-0.2, -0.15) is 5.21 Å². The summed E-state index contributed by atoms with van der Waals surface area (Å²) in [6, 6.07) is 5.53. The Morgan fingerprint density at radius 3 is 2.81 bits per heavy atom. The number of carbonyl (C=O) groups excluding carboxylic acids is 2. The lowest BCUT2D eigenvalue weighted by Gasteiger charge is -2.19. The summed E-state index contributed by atoms with van der Waals surface area (Å²) in [4.78, 5) is 33.6. The third kappa shape index (κ3) is 4.83. The van der Waals surface area contributed by atoms with Crippen molar-refractivity contribution in [2.45, 2.75) is 37.8 Å². The van der Waals surface area contributed by atoms with Gasteiger partial charge >= 0.3 is 0 Å². The van der Waals surface area contributed by atoms with Gasteiger partial charge < -0.3 is 15.4 Å². The molecular formula is C24H23FN8O3. The van der Waals surface area contributed by atoms with Crippen LogP contribution in [0.15, 0.2) is 53.9 Å². The van der Waals surface area contributed by atoms with Crippen LogP contribution in [0.1, 0.15) is 57.5 Å². The van der Waals surface area contributed by atoms with Crippen LogP contribution in [-0.2, 0) is 6.54 Å². The molecule has 1 saturated carbocycles. The number of halogens is 1. The highest BCUT2D eigenvalue weighted by atomic mass is 19.1. The minimum absolute atomic E-state index is 0.0519. The molecule has 0 spiro atoms. The molecule has 2 atom stereocenters. The van der Waals surface area contributed by atoms with Crippen LogP contribution in [0.25, 0.3) is 0 Å². The van der Waals surface area contributed by atoms with Gasteiger partial charge in [0.15, 0.2) is 17.4 Å². The second kappa shape index (κ2) is 10.0. The molecule has 2 heterocycles. The lowest BCUT2D eigenvalue weighted by molar-refractivity contribution is 0.0938. The standard InChI is InChI=1S/C24H23FN8O3/c1-36-21-8-13(2-6-17(21)25)11-26-23(34)19-10-20(28-12-27-19)24(35)29-18-7-4-14-9-15(3-5-16(14)18)22-30-32-33-31-22/h2,5-6,8-10,12,15,18H,3-4,7,11H2,1H3,(H,26,34)(H,29,35)(H,30,31,32,33)/t15?,18-/m0/s1. The molecule has 12 heteroatoms. The van der Waals surface area contributed by atoms with Crippen LogP contribution in [0.2, 0.25) is 0 Å². The summed E-state index contributed by atoms with van der Waals surface area (Å²) in [6.07, 6.45) is 7.75. The maximum atomic E-state index is 13.6. The van der Waals surface area contributed by atoms with E-state index < -0.39 is 11.7 Å². The number of hydrogen-bond acceptors (Lipinski definition) is 8. The van der Waals surface area contributed by atoms with Crippen LogP contribution < -0.4 is 15.4 Å². The number of H-pyrrole nitrogens is 1. The lowest BCUT2D eigenvalue weighted by Crippen LogP contribution is -2.35. The van der Waals surface area contributed by atoms with E-state index in [4.69, 9.17) is 4.74 Å². The van der Waals surface area contributed by atoms with Crippen molar-refractivity contribution in [3.8, 4) is 5.75 Å². The first-order chi connectivity index (χ1) is 17.5. The first-order valence-corrected chi connectivity index (χ1v) is 11.4. The molecular weight excluding hydrogens is 467 g/mol. The summed E-state index contributed by atoms with van der Waals surface area (Å²) in [5, 5.41) is 20.0. The third-order valence-corrected chi connectivity index (χ3v) is 6.24. The van der Waals surface area contributed by atoms with Crippen molar-refractivity contribution in [2.75, 3.05) is 7.11 Å². The Bertz CT molecular complexity index is 1360. The number of tetrazole rings is 1. The van der Waals surface area contributed by atoms with Crippen LogP contribution >= 0.6 is 0 Å². The summed E-state index contributed by atoms with van der Waals surface area (Å²) in [6.45, 7) is 0.136. The van der Waals surface area contributed by atoms with Crippen molar-refractivity contribution >= 4 is 11.8 Å². The second-order valence-electron chi connectivity index (χ2n) is 8.47. The molecule has 2 aliphatic rings. The number of aromatic nitrogens is 6. The molecule has 0 saturated heterocycles. The molecule has 36 heavy (non-hydrogen) atoms. The molecule has 5 rings (SSSR count). The number of nitrogens with zero attached hydrogens (tertiary/aromatic N) is 5. The SMILES string of the molecule is COc1cc(CNC(=O)c2cc(C(=O)N[C@H]3CCC4=CC(c5nn[nH]n5)CC=C43)ncn2)ccc1F. The van der Waals surface area contributed by atoms with Gasteiger partial charge in [0, 0.05) is 18.5 Å². The normalized spacial score (nSPS) is 18.6. The maximum Gasteiger partial charge on any atom is 0.270 e. The smallest absolute Gasteiger partial charge is 0.270 e. The van der Waals surface area contributed by atoms with E-state index in [1.54, 1.807) is 6.07 Å². The van der Waals surface area contributed by atoms with E-state index in [1.165, 1.54) is 37.2 Å². The molecule has 2 amide bonds. The fourth-order valence-corrected chi connectivity index (χ4v) is 4.42. The third-order valence-electron chi connectivity index (χ3n) is 6.24. The number of rotatable bonds is 7. The molecule has 1 aromatic carbocycles. The largest absolute Gasteiger partial charge is 0.494 e. The van der Waals surface area contributed by atoms with E-state index in [1.807, 2.05) is 0 Å². The van der Waals surface area contributed by atoms with E-state index in [0.717, 1.165) is 24.8 Å². The Labute approximate surface area is 205 Å². The highest BCUT2D eigenvalue weighted by Crippen LogP contribution is 2.38. The Morgan fingerprint density at radius 2 is 2.03 bits per heavy atom. The van der Waals surface area contributed by atoms with Crippen LogP contribution in [0.4, 0.5) is 4.39 Å². The van der Waals surface area contributed by atoms with Crippen molar-refractivity contribution in [1.29, 1.82) is 0 Å². The van der Waals surface area contributed by atoms with E-state index in [9.17, 15) is 14.0 Å². The topological polar surface area (TPSA) is 148 Å². The summed E-state index contributed by atoms with van der Waals surface area (Å²) in [5.41, 5.74) is 3.06. The fraction of sp³-hybridized carbons (Fsp3) is 0.292. The molecule has 1 fully saturated rings. The number of amides is 2. The summed E-state index contributed by atoms with van der Waals surface area (Å²) >= 11 is 0. The monoisotopic (exact) mass is 490 g/mol. The molecule has 0 radical (unpaired) electrons. The molecule has 184 valence electrons. The second-order valence-corrected chi connectivity index (χ2v) is 8.47. The van der Waals surface area contributed by atoms with Crippen molar-refractivity contribution in [1.82, 2.24) is 41.2 Å². The van der Waals surface area contributed by atoms with Gasteiger partial charge in [0.05, 0.1) is 13.2 Å². The molecule has 0 aliphatic heterocycles. The molecule has 11 nitrogen and oxygen atoms in total. The quantitative estimate of drug-likeness (QED) is 0.456. The highest BCUT2D eigenvalue weighted by Gasteiger charge is 2.31. The van der Waals surface area contributed by atoms with Gasteiger partial charge in [0.25, 0.3) is 11.8 Å². The summed E-state index contributed by atoms with van der Waals surface area (Å²) < 4.78 is 18.5. The van der Waals surface area contributed by atoms with Crippen LogP contribution in [0, 0.1) is 5.82 Å².